The molecule has 0 atom stereocenters. The van der Waals surface area contributed by atoms with E-state index in [-0.39, 0.29) is 12.1 Å². The van der Waals surface area contributed by atoms with E-state index in [1.165, 1.54) is 0 Å². The Morgan fingerprint density at radius 2 is 2.00 bits per heavy atom. The zero-order valence-electron chi connectivity index (χ0n) is 7.44. The Hall–Kier alpha value is -1.17. The number of thiocarbonyl (C=S) groups is 1. The highest BCUT2D eigenvalue weighted by Gasteiger charge is 2.30. The fourth-order valence-corrected chi connectivity index (χ4v) is 1.12. The number of halogens is 4. The van der Waals surface area contributed by atoms with Crippen molar-refractivity contribution in [3.63, 3.8) is 0 Å². The van der Waals surface area contributed by atoms with Gasteiger partial charge in [-0.05, 0) is 18.2 Å². The van der Waals surface area contributed by atoms with Crippen molar-refractivity contribution in [1.82, 2.24) is 5.32 Å². The number of hydrogen-bond acceptors (Lipinski definition) is 1. The van der Waals surface area contributed by atoms with E-state index in [4.69, 9.17) is 0 Å². The van der Waals surface area contributed by atoms with Crippen LogP contribution in [0.1, 0.15) is 11.1 Å². The largest absolute Gasteiger partial charge is 0.416 e. The minimum absolute atomic E-state index is 0.0563. The van der Waals surface area contributed by atoms with E-state index in [1.807, 2.05) is 0 Å². The van der Waals surface area contributed by atoms with Crippen LogP contribution in [-0.2, 0) is 12.7 Å². The van der Waals surface area contributed by atoms with Gasteiger partial charge in [0.2, 0.25) is 0 Å². The standard InChI is InChI=1S/C9H7F4NS/c10-8-2-1-7(9(11,12)13)3-6(8)4-14-5-15/h1-3,5H,4H2,(H,14,15). The van der Waals surface area contributed by atoms with Gasteiger partial charge in [-0.1, -0.05) is 12.2 Å². The lowest BCUT2D eigenvalue weighted by Crippen LogP contribution is -2.12. The number of alkyl halides is 3. The Morgan fingerprint density at radius 1 is 1.33 bits per heavy atom. The second kappa shape index (κ2) is 4.57. The fraction of sp³-hybridized carbons (Fsp3) is 0.222. The third-order valence-corrected chi connectivity index (χ3v) is 1.92. The number of rotatable bonds is 3. The maximum Gasteiger partial charge on any atom is 0.416 e. The molecule has 0 spiro atoms. The first kappa shape index (κ1) is 11.9. The highest BCUT2D eigenvalue weighted by atomic mass is 32.1. The van der Waals surface area contributed by atoms with Crippen molar-refractivity contribution in [2.45, 2.75) is 12.7 Å². The van der Waals surface area contributed by atoms with E-state index < -0.39 is 17.6 Å². The number of benzene rings is 1. The van der Waals surface area contributed by atoms with Crippen molar-refractivity contribution in [2.24, 2.45) is 0 Å². The van der Waals surface area contributed by atoms with Crippen LogP contribution in [0.3, 0.4) is 0 Å². The first-order valence-electron chi connectivity index (χ1n) is 3.98. The predicted octanol–water partition coefficient (Wildman–Crippen LogP) is 2.89. The van der Waals surface area contributed by atoms with Crippen LogP contribution in [-0.4, -0.2) is 5.49 Å². The summed E-state index contributed by atoms with van der Waals surface area (Å²) in [7, 11) is 0. The highest BCUT2D eigenvalue weighted by molar-refractivity contribution is 7.78. The lowest BCUT2D eigenvalue weighted by Gasteiger charge is -2.09. The van der Waals surface area contributed by atoms with E-state index in [2.05, 4.69) is 17.5 Å². The molecule has 0 radical (unpaired) electrons. The summed E-state index contributed by atoms with van der Waals surface area (Å²) in [5, 5.41) is 2.47. The van der Waals surface area contributed by atoms with E-state index >= 15 is 0 Å². The molecule has 1 nitrogen and oxygen atoms in total. The third-order valence-electron chi connectivity index (χ3n) is 1.75. The molecule has 0 aromatic heterocycles. The molecule has 0 amide bonds. The van der Waals surface area contributed by atoms with Gasteiger partial charge in [-0.3, -0.25) is 0 Å². The van der Waals surface area contributed by atoms with Crippen LogP contribution in [0.25, 0.3) is 0 Å². The molecule has 82 valence electrons. The molecule has 0 saturated heterocycles. The normalized spacial score (nSPS) is 11.2. The number of hydrogen-bond donors (Lipinski definition) is 1. The van der Waals surface area contributed by atoms with Crippen LogP contribution in [0, 0.1) is 5.82 Å². The second-order valence-corrected chi connectivity index (χ2v) is 3.04. The average molecular weight is 237 g/mol. The molecule has 1 N–H and O–H groups in total. The van der Waals surface area contributed by atoms with Gasteiger partial charge < -0.3 is 5.32 Å². The molecule has 0 saturated carbocycles. The monoisotopic (exact) mass is 237 g/mol. The van der Waals surface area contributed by atoms with Gasteiger partial charge in [0.25, 0.3) is 0 Å². The van der Waals surface area contributed by atoms with Crippen molar-refractivity contribution in [3.8, 4) is 0 Å². The van der Waals surface area contributed by atoms with Crippen molar-refractivity contribution in [3.05, 3.63) is 35.1 Å². The zero-order valence-corrected chi connectivity index (χ0v) is 8.25. The maximum atomic E-state index is 13.0. The summed E-state index contributed by atoms with van der Waals surface area (Å²) in [6.07, 6.45) is -4.46. The van der Waals surface area contributed by atoms with Crippen LogP contribution in [0.5, 0.6) is 0 Å². The van der Waals surface area contributed by atoms with Crippen molar-refractivity contribution < 1.29 is 17.6 Å². The summed E-state index contributed by atoms with van der Waals surface area (Å²) in [6, 6.07) is 2.26. The minimum atomic E-state index is -4.46. The minimum Gasteiger partial charge on any atom is -0.378 e. The Morgan fingerprint density at radius 3 is 2.53 bits per heavy atom. The van der Waals surface area contributed by atoms with Crippen LogP contribution in [0.15, 0.2) is 18.2 Å². The van der Waals surface area contributed by atoms with Crippen LogP contribution in [0.4, 0.5) is 17.6 Å². The van der Waals surface area contributed by atoms with Crippen molar-refractivity contribution >= 4 is 17.7 Å². The molecule has 0 aliphatic carbocycles. The van der Waals surface area contributed by atoms with Crippen LogP contribution < -0.4 is 5.32 Å². The smallest absolute Gasteiger partial charge is 0.378 e. The molecule has 1 aromatic rings. The Bertz CT molecular complexity index is 362. The van der Waals surface area contributed by atoms with Gasteiger partial charge in [-0.15, -0.1) is 0 Å². The molecule has 1 rings (SSSR count). The van der Waals surface area contributed by atoms with Gasteiger partial charge in [-0.25, -0.2) is 4.39 Å². The van der Waals surface area contributed by atoms with Gasteiger partial charge in [0.15, 0.2) is 0 Å². The van der Waals surface area contributed by atoms with E-state index in [1.54, 1.807) is 0 Å². The third kappa shape index (κ3) is 3.16. The molecular formula is C9H7F4NS. The SMILES string of the molecule is Fc1ccc(C(F)(F)F)cc1CNC=S. The van der Waals surface area contributed by atoms with Crippen LogP contribution in [0.2, 0.25) is 0 Å². The zero-order chi connectivity index (χ0) is 11.5. The molecule has 0 unspecified atom stereocenters. The second-order valence-electron chi connectivity index (χ2n) is 2.80. The topological polar surface area (TPSA) is 12.0 Å². The molecule has 6 heteroatoms. The molecule has 0 aliphatic heterocycles. The summed E-state index contributed by atoms with van der Waals surface area (Å²) in [4.78, 5) is 0. The van der Waals surface area contributed by atoms with Crippen molar-refractivity contribution in [1.29, 1.82) is 0 Å². The van der Waals surface area contributed by atoms with E-state index in [9.17, 15) is 17.6 Å². The summed E-state index contributed by atoms with van der Waals surface area (Å²) in [6.45, 7) is -0.0563. The Labute approximate surface area is 89.1 Å². The molecule has 0 fully saturated rings. The lowest BCUT2D eigenvalue weighted by molar-refractivity contribution is -0.137. The van der Waals surface area contributed by atoms with Gasteiger partial charge >= 0.3 is 6.18 Å². The first-order valence-corrected chi connectivity index (χ1v) is 4.45. The highest BCUT2D eigenvalue weighted by Crippen LogP contribution is 2.30. The number of nitrogens with one attached hydrogen (secondary N) is 1. The van der Waals surface area contributed by atoms with E-state index in [0.29, 0.717) is 6.07 Å². The van der Waals surface area contributed by atoms with Gasteiger partial charge in [0.05, 0.1) is 11.1 Å². The Balaban J connectivity index is 3.00. The molecular weight excluding hydrogens is 230 g/mol. The summed E-state index contributed by atoms with van der Waals surface area (Å²) in [5.74, 6) is -0.688. The molecule has 15 heavy (non-hydrogen) atoms. The van der Waals surface area contributed by atoms with E-state index in [0.717, 1.165) is 17.6 Å². The lowest BCUT2D eigenvalue weighted by atomic mass is 10.1. The van der Waals surface area contributed by atoms with Crippen molar-refractivity contribution in [2.75, 3.05) is 0 Å². The molecule has 1 aromatic carbocycles. The van der Waals surface area contributed by atoms with Gasteiger partial charge in [0, 0.05) is 12.1 Å². The van der Waals surface area contributed by atoms with Crippen LogP contribution >= 0.6 is 12.2 Å². The average Bonchev–Trinajstić information content (AvgIpc) is 2.15. The quantitative estimate of drug-likeness (QED) is 0.640. The summed E-state index contributed by atoms with van der Waals surface area (Å²) < 4.78 is 49.8. The van der Waals surface area contributed by atoms with Gasteiger partial charge in [0.1, 0.15) is 5.82 Å². The molecule has 0 bridgehead atoms. The summed E-state index contributed by atoms with van der Waals surface area (Å²) >= 11 is 4.42. The molecule has 0 aliphatic rings. The van der Waals surface area contributed by atoms with Gasteiger partial charge in [-0.2, -0.15) is 13.2 Å². The summed E-state index contributed by atoms with van der Waals surface area (Å²) in [5.41, 5.74) is 0.190. The predicted molar refractivity (Wildman–Crippen MR) is 51.9 cm³/mol. The molecule has 0 heterocycles. The maximum absolute atomic E-state index is 13.0. The fourth-order valence-electron chi connectivity index (χ4n) is 1.04. The Kier molecular flexibility index (Phi) is 3.62. The first-order chi connectivity index (χ1) is 6.95.